The van der Waals surface area contributed by atoms with Crippen LogP contribution in [-0.2, 0) is 0 Å². The molecule has 0 aliphatic rings. The van der Waals surface area contributed by atoms with Crippen molar-refractivity contribution in [3.05, 3.63) is 23.7 Å². The van der Waals surface area contributed by atoms with Gasteiger partial charge in [-0.25, -0.2) is 0 Å². The number of halogens is 1. The SMILES string of the molecule is CCC(C)(CBr)NC(=O)c1occc1C. The van der Waals surface area contributed by atoms with E-state index in [1.54, 1.807) is 6.07 Å². The molecule has 15 heavy (non-hydrogen) atoms. The van der Waals surface area contributed by atoms with Gasteiger partial charge < -0.3 is 9.73 Å². The third-order valence-corrected chi connectivity index (χ3v) is 3.80. The van der Waals surface area contributed by atoms with Crippen LogP contribution in [0.1, 0.15) is 36.4 Å². The number of rotatable bonds is 4. The molecule has 0 bridgehead atoms. The summed E-state index contributed by atoms with van der Waals surface area (Å²) in [6.07, 6.45) is 2.39. The van der Waals surface area contributed by atoms with Gasteiger partial charge in [-0.1, -0.05) is 22.9 Å². The molecular weight excluding hydrogens is 258 g/mol. The van der Waals surface area contributed by atoms with Crippen LogP contribution in [0, 0.1) is 6.92 Å². The van der Waals surface area contributed by atoms with Gasteiger partial charge in [-0.2, -0.15) is 0 Å². The summed E-state index contributed by atoms with van der Waals surface area (Å²) in [6, 6.07) is 1.78. The van der Waals surface area contributed by atoms with E-state index in [-0.39, 0.29) is 11.4 Å². The normalized spacial score (nSPS) is 14.7. The molecule has 1 amide bonds. The van der Waals surface area contributed by atoms with Crippen LogP contribution in [0.3, 0.4) is 0 Å². The lowest BCUT2D eigenvalue weighted by atomic mass is 10.0. The molecule has 4 heteroatoms. The maximum absolute atomic E-state index is 11.8. The summed E-state index contributed by atoms with van der Waals surface area (Å²) in [5, 5.41) is 3.68. The molecule has 0 spiro atoms. The first-order valence-electron chi connectivity index (χ1n) is 4.95. The molecule has 84 valence electrons. The first kappa shape index (κ1) is 12.3. The fraction of sp³-hybridized carbons (Fsp3) is 0.545. The molecule has 0 radical (unpaired) electrons. The van der Waals surface area contributed by atoms with E-state index in [1.807, 2.05) is 20.8 Å². The molecule has 1 unspecified atom stereocenters. The lowest BCUT2D eigenvalue weighted by Gasteiger charge is -2.26. The molecular formula is C11H16BrNO2. The van der Waals surface area contributed by atoms with E-state index in [0.29, 0.717) is 5.76 Å². The van der Waals surface area contributed by atoms with Crippen LogP contribution < -0.4 is 5.32 Å². The highest BCUT2D eigenvalue weighted by atomic mass is 79.9. The fourth-order valence-corrected chi connectivity index (χ4v) is 1.69. The highest BCUT2D eigenvalue weighted by molar-refractivity contribution is 9.09. The molecule has 1 rings (SSSR count). The fourth-order valence-electron chi connectivity index (χ4n) is 1.15. The monoisotopic (exact) mass is 273 g/mol. The molecule has 3 nitrogen and oxygen atoms in total. The minimum Gasteiger partial charge on any atom is -0.459 e. The Balaban J connectivity index is 2.76. The van der Waals surface area contributed by atoms with E-state index in [4.69, 9.17) is 4.42 Å². The van der Waals surface area contributed by atoms with Crippen molar-refractivity contribution in [2.45, 2.75) is 32.7 Å². The van der Waals surface area contributed by atoms with Gasteiger partial charge in [0.05, 0.1) is 6.26 Å². The van der Waals surface area contributed by atoms with Crippen molar-refractivity contribution in [1.82, 2.24) is 5.32 Å². The Morgan fingerprint density at radius 2 is 2.33 bits per heavy atom. The van der Waals surface area contributed by atoms with Gasteiger partial charge in [0.15, 0.2) is 5.76 Å². The maximum Gasteiger partial charge on any atom is 0.287 e. The average molecular weight is 274 g/mol. The number of nitrogens with one attached hydrogen (secondary N) is 1. The zero-order valence-electron chi connectivity index (χ0n) is 9.26. The van der Waals surface area contributed by atoms with E-state index >= 15 is 0 Å². The predicted octanol–water partition coefficient (Wildman–Crippen LogP) is 2.88. The van der Waals surface area contributed by atoms with Gasteiger partial charge in [-0.15, -0.1) is 0 Å². The number of carbonyl (C=O) groups excluding carboxylic acids is 1. The summed E-state index contributed by atoms with van der Waals surface area (Å²) in [7, 11) is 0. The van der Waals surface area contributed by atoms with Gasteiger partial charge >= 0.3 is 0 Å². The number of hydrogen-bond donors (Lipinski definition) is 1. The van der Waals surface area contributed by atoms with Gasteiger partial charge in [-0.05, 0) is 26.3 Å². The smallest absolute Gasteiger partial charge is 0.287 e. The molecule has 0 saturated heterocycles. The highest BCUT2D eigenvalue weighted by Crippen LogP contribution is 2.15. The molecule has 1 N–H and O–H groups in total. The number of carbonyl (C=O) groups is 1. The Kier molecular flexibility index (Phi) is 3.97. The van der Waals surface area contributed by atoms with Crippen LogP contribution in [0.4, 0.5) is 0 Å². The molecule has 1 atom stereocenters. The van der Waals surface area contributed by atoms with Gasteiger partial charge in [0.1, 0.15) is 0 Å². The molecule has 0 saturated carbocycles. The van der Waals surface area contributed by atoms with Gasteiger partial charge in [-0.3, -0.25) is 4.79 Å². The second-order valence-corrected chi connectivity index (χ2v) is 4.50. The van der Waals surface area contributed by atoms with Crippen LogP contribution in [-0.4, -0.2) is 16.8 Å². The Bertz CT molecular complexity index is 342. The van der Waals surface area contributed by atoms with E-state index < -0.39 is 0 Å². The molecule has 0 aliphatic carbocycles. The number of amides is 1. The van der Waals surface area contributed by atoms with E-state index in [0.717, 1.165) is 17.3 Å². The van der Waals surface area contributed by atoms with Crippen LogP contribution in [0.15, 0.2) is 16.7 Å². The van der Waals surface area contributed by atoms with Crippen LogP contribution in [0.2, 0.25) is 0 Å². The Labute approximate surface area is 98.4 Å². The van der Waals surface area contributed by atoms with Crippen molar-refractivity contribution < 1.29 is 9.21 Å². The number of aryl methyl sites for hydroxylation is 1. The number of alkyl halides is 1. The highest BCUT2D eigenvalue weighted by Gasteiger charge is 2.25. The van der Waals surface area contributed by atoms with Gasteiger partial charge in [0, 0.05) is 16.4 Å². The molecule has 0 aromatic carbocycles. The molecule has 0 aliphatic heterocycles. The zero-order valence-corrected chi connectivity index (χ0v) is 10.8. The molecule has 0 fully saturated rings. The van der Waals surface area contributed by atoms with Crippen molar-refractivity contribution >= 4 is 21.8 Å². The zero-order chi connectivity index (χ0) is 11.5. The van der Waals surface area contributed by atoms with Crippen LogP contribution in [0.25, 0.3) is 0 Å². The second kappa shape index (κ2) is 4.84. The molecule has 1 heterocycles. The van der Waals surface area contributed by atoms with E-state index in [2.05, 4.69) is 21.2 Å². The summed E-state index contributed by atoms with van der Waals surface area (Å²) in [4.78, 5) is 11.8. The maximum atomic E-state index is 11.8. The molecule has 1 aromatic heterocycles. The number of hydrogen-bond acceptors (Lipinski definition) is 2. The second-order valence-electron chi connectivity index (χ2n) is 3.93. The van der Waals surface area contributed by atoms with Crippen molar-refractivity contribution in [2.24, 2.45) is 0 Å². The van der Waals surface area contributed by atoms with Crippen LogP contribution >= 0.6 is 15.9 Å². The van der Waals surface area contributed by atoms with Crippen molar-refractivity contribution in [3.8, 4) is 0 Å². The third kappa shape index (κ3) is 2.84. The first-order valence-corrected chi connectivity index (χ1v) is 6.07. The first-order chi connectivity index (χ1) is 7.02. The Morgan fingerprint density at radius 1 is 1.67 bits per heavy atom. The largest absolute Gasteiger partial charge is 0.459 e. The van der Waals surface area contributed by atoms with E-state index in [9.17, 15) is 4.79 Å². The van der Waals surface area contributed by atoms with Gasteiger partial charge in [0.2, 0.25) is 0 Å². The summed E-state index contributed by atoms with van der Waals surface area (Å²) in [5.74, 6) is 0.247. The summed E-state index contributed by atoms with van der Waals surface area (Å²) >= 11 is 3.40. The average Bonchev–Trinajstić information content (AvgIpc) is 2.64. The van der Waals surface area contributed by atoms with Crippen molar-refractivity contribution in [1.29, 1.82) is 0 Å². The topological polar surface area (TPSA) is 42.2 Å². The lowest BCUT2D eigenvalue weighted by molar-refractivity contribution is 0.0884. The summed E-state index contributed by atoms with van der Waals surface area (Å²) in [6.45, 7) is 5.89. The third-order valence-electron chi connectivity index (χ3n) is 2.56. The van der Waals surface area contributed by atoms with Crippen molar-refractivity contribution in [3.63, 3.8) is 0 Å². The van der Waals surface area contributed by atoms with Crippen molar-refractivity contribution in [2.75, 3.05) is 5.33 Å². The summed E-state index contributed by atoms with van der Waals surface area (Å²) in [5.41, 5.74) is 0.636. The number of furan rings is 1. The minimum absolute atomic E-state index is 0.152. The Hall–Kier alpha value is -0.770. The quantitative estimate of drug-likeness (QED) is 0.858. The van der Waals surface area contributed by atoms with E-state index in [1.165, 1.54) is 6.26 Å². The van der Waals surface area contributed by atoms with Gasteiger partial charge in [0.25, 0.3) is 5.91 Å². The van der Waals surface area contributed by atoms with Crippen LogP contribution in [0.5, 0.6) is 0 Å². The molecule has 1 aromatic rings. The standard InChI is InChI=1S/C11H16BrNO2/c1-4-11(3,7-12)13-10(14)9-8(2)5-6-15-9/h5-6H,4,7H2,1-3H3,(H,13,14). The minimum atomic E-state index is -0.226. The lowest BCUT2D eigenvalue weighted by Crippen LogP contribution is -2.47. The summed E-state index contributed by atoms with van der Waals surface area (Å²) < 4.78 is 5.13. The Morgan fingerprint density at radius 3 is 2.73 bits per heavy atom. The predicted molar refractivity (Wildman–Crippen MR) is 63.4 cm³/mol.